The van der Waals surface area contributed by atoms with E-state index < -0.39 is 0 Å². The second kappa shape index (κ2) is 9.33. The Morgan fingerprint density at radius 3 is 2.67 bits per heavy atom. The van der Waals surface area contributed by atoms with E-state index in [2.05, 4.69) is 39.0 Å². The lowest BCUT2D eigenvalue weighted by atomic mass is 10.1. The van der Waals surface area contributed by atoms with Gasteiger partial charge < -0.3 is 15.2 Å². The molecular formula is C18H26ClN5. The summed E-state index contributed by atoms with van der Waals surface area (Å²) in [6.07, 6.45) is 4.78. The van der Waals surface area contributed by atoms with E-state index in [1.807, 2.05) is 36.7 Å². The van der Waals surface area contributed by atoms with Gasteiger partial charge >= 0.3 is 0 Å². The van der Waals surface area contributed by atoms with E-state index in [1.54, 1.807) is 7.05 Å². The fraction of sp³-hybridized carbons (Fsp3) is 0.444. The van der Waals surface area contributed by atoms with Gasteiger partial charge in [0, 0.05) is 37.6 Å². The fourth-order valence-electron chi connectivity index (χ4n) is 2.43. The summed E-state index contributed by atoms with van der Waals surface area (Å²) in [6, 6.07) is 7.92. The van der Waals surface area contributed by atoms with Crippen LogP contribution in [0, 0.1) is 5.92 Å². The van der Waals surface area contributed by atoms with Gasteiger partial charge in [-0.3, -0.25) is 4.99 Å². The number of hydrogen-bond acceptors (Lipinski definition) is 2. The predicted octanol–water partition coefficient (Wildman–Crippen LogP) is 3.10. The van der Waals surface area contributed by atoms with Crippen LogP contribution in [0.2, 0.25) is 5.02 Å². The number of guanidine groups is 1. The number of benzene rings is 1. The quantitative estimate of drug-likeness (QED) is 0.597. The lowest BCUT2D eigenvalue weighted by Gasteiger charge is -2.14. The molecule has 6 heteroatoms. The molecule has 1 aromatic carbocycles. The summed E-state index contributed by atoms with van der Waals surface area (Å²) in [6.45, 7) is 6.84. The number of halogens is 1. The van der Waals surface area contributed by atoms with Gasteiger partial charge in [0.1, 0.15) is 5.82 Å². The maximum atomic E-state index is 5.90. The molecule has 0 aliphatic carbocycles. The number of hydrogen-bond donors (Lipinski definition) is 2. The van der Waals surface area contributed by atoms with Crippen LogP contribution in [0.15, 0.2) is 41.7 Å². The van der Waals surface area contributed by atoms with E-state index in [0.717, 1.165) is 36.3 Å². The van der Waals surface area contributed by atoms with Gasteiger partial charge in [0.25, 0.3) is 0 Å². The van der Waals surface area contributed by atoms with Crippen molar-refractivity contribution < 1.29 is 0 Å². The van der Waals surface area contributed by atoms with Gasteiger partial charge in [-0.1, -0.05) is 37.6 Å². The minimum absolute atomic E-state index is 0.592. The minimum Gasteiger partial charge on any atom is -0.356 e. The maximum Gasteiger partial charge on any atom is 0.191 e. The second-order valence-electron chi connectivity index (χ2n) is 6.12. The zero-order chi connectivity index (χ0) is 17.4. The van der Waals surface area contributed by atoms with E-state index in [9.17, 15) is 0 Å². The van der Waals surface area contributed by atoms with Crippen molar-refractivity contribution in [3.63, 3.8) is 0 Å². The lowest BCUT2D eigenvalue weighted by molar-refractivity contribution is 0.503. The highest BCUT2D eigenvalue weighted by molar-refractivity contribution is 6.30. The van der Waals surface area contributed by atoms with Crippen molar-refractivity contribution >= 4 is 17.6 Å². The summed E-state index contributed by atoms with van der Waals surface area (Å²) in [5, 5.41) is 7.40. The van der Waals surface area contributed by atoms with Crippen LogP contribution in [-0.2, 0) is 19.5 Å². The predicted molar refractivity (Wildman–Crippen MR) is 100 cm³/mol. The average Bonchev–Trinajstić information content (AvgIpc) is 2.99. The molecule has 0 fully saturated rings. The first-order chi connectivity index (χ1) is 11.6. The molecule has 2 aromatic rings. The highest BCUT2D eigenvalue weighted by Gasteiger charge is 2.06. The van der Waals surface area contributed by atoms with Gasteiger partial charge in [0.15, 0.2) is 5.96 Å². The molecule has 0 amide bonds. The molecule has 130 valence electrons. The van der Waals surface area contributed by atoms with Crippen molar-refractivity contribution in [3.8, 4) is 0 Å². The van der Waals surface area contributed by atoms with Gasteiger partial charge in [-0.25, -0.2) is 4.98 Å². The number of aromatic nitrogens is 2. The van der Waals surface area contributed by atoms with Crippen molar-refractivity contribution in [2.45, 2.75) is 33.4 Å². The summed E-state index contributed by atoms with van der Waals surface area (Å²) in [4.78, 5) is 8.68. The van der Waals surface area contributed by atoms with Crippen LogP contribution in [-0.4, -0.2) is 29.1 Å². The molecule has 0 atom stereocenters. The van der Waals surface area contributed by atoms with Crippen LogP contribution in [0.1, 0.15) is 25.2 Å². The van der Waals surface area contributed by atoms with E-state index >= 15 is 0 Å². The summed E-state index contributed by atoms with van der Waals surface area (Å²) in [7, 11) is 1.78. The normalized spacial score (nSPS) is 11.8. The van der Waals surface area contributed by atoms with Crippen LogP contribution in [0.5, 0.6) is 0 Å². The zero-order valence-corrected chi connectivity index (χ0v) is 15.3. The summed E-state index contributed by atoms with van der Waals surface area (Å²) in [5.74, 6) is 2.39. The van der Waals surface area contributed by atoms with Crippen molar-refractivity contribution in [2.75, 3.05) is 13.6 Å². The average molecular weight is 348 g/mol. The molecule has 0 aliphatic rings. The van der Waals surface area contributed by atoms with Crippen molar-refractivity contribution in [1.29, 1.82) is 0 Å². The van der Waals surface area contributed by atoms with Crippen molar-refractivity contribution in [1.82, 2.24) is 20.2 Å². The fourth-order valence-corrected chi connectivity index (χ4v) is 2.55. The zero-order valence-electron chi connectivity index (χ0n) is 14.6. The first-order valence-corrected chi connectivity index (χ1v) is 8.65. The standard InChI is InChI=1S/C18H26ClN5/c1-14(2)13-24-11-10-21-17(24)12-23-18(20-3)22-9-8-15-4-6-16(19)7-5-15/h4-7,10-11,14H,8-9,12-13H2,1-3H3,(H2,20,22,23). The first-order valence-electron chi connectivity index (χ1n) is 8.27. The molecule has 0 saturated carbocycles. The Balaban J connectivity index is 1.78. The lowest BCUT2D eigenvalue weighted by Crippen LogP contribution is -2.38. The van der Waals surface area contributed by atoms with Crippen molar-refractivity contribution in [3.05, 3.63) is 53.1 Å². The second-order valence-corrected chi connectivity index (χ2v) is 6.56. The van der Waals surface area contributed by atoms with Gasteiger partial charge in [-0.05, 0) is 30.0 Å². The molecule has 0 unspecified atom stereocenters. The highest BCUT2D eigenvalue weighted by Crippen LogP contribution is 2.09. The van der Waals surface area contributed by atoms with E-state index in [1.165, 1.54) is 5.56 Å². The Morgan fingerprint density at radius 1 is 1.25 bits per heavy atom. The smallest absolute Gasteiger partial charge is 0.191 e. The molecule has 0 aliphatic heterocycles. The van der Waals surface area contributed by atoms with Gasteiger partial charge in [0.05, 0.1) is 6.54 Å². The Morgan fingerprint density at radius 2 is 2.00 bits per heavy atom. The number of imidazole rings is 1. The molecule has 24 heavy (non-hydrogen) atoms. The number of nitrogens with zero attached hydrogens (tertiary/aromatic N) is 3. The molecule has 0 radical (unpaired) electrons. The molecule has 0 saturated heterocycles. The van der Waals surface area contributed by atoms with Crippen molar-refractivity contribution in [2.24, 2.45) is 10.9 Å². The van der Waals surface area contributed by atoms with Gasteiger partial charge in [-0.2, -0.15) is 0 Å². The SMILES string of the molecule is CN=C(NCCc1ccc(Cl)cc1)NCc1nccn1CC(C)C. The van der Waals surface area contributed by atoms with Gasteiger partial charge in [0.2, 0.25) is 0 Å². The molecule has 2 rings (SSSR count). The molecule has 1 heterocycles. The van der Waals surface area contributed by atoms with Crippen LogP contribution in [0.4, 0.5) is 0 Å². The van der Waals surface area contributed by atoms with E-state index in [-0.39, 0.29) is 0 Å². The van der Waals surface area contributed by atoms with Gasteiger partial charge in [-0.15, -0.1) is 0 Å². The molecule has 5 nitrogen and oxygen atoms in total. The summed E-state index contributed by atoms with van der Waals surface area (Å²) >= 11 is 5.90. The molecular weight excluding hydrogens is 322 g/mol. The monoisotopic (exact) mass is 347 g/mol. The number of nitrogens with one attached hydrogen (secondary N) is 2. The molecule has 2 N–H and O–H groups in total. The highest BCUT2D eigenvalue weighted by atomic mass is 35.5. The third-order valence-electron chi connectivity index (χ3n) is 3.62. The van der Waals surface area contributed by atoms with Crippen LogP contribution >= 0.6 is 11.6 Å². The van der Waals surface area contributed by atoms with Crippen LogP contribution in [0.25, 0.3) is 0 Å². The Kier molecular flexibility index (Phi) is 7.12. The summed E-state index contributed by atoms with van der Waals surface area (Å²) < 4.78 is 2.18. The van der Waals surface area contributed by atoms with Crippen LogP contribution < -0.4 is 10.6 Å². The molecule has 0 bridgehead atoms. The third-order valence-corrected chi connectivity index (χ3v) is 3.87. The Labute approximate surface area is 149 Å². The molecule has 0 spiro atoms. The molecule has 1 aromatic heterocycles. The topological polar surface area (TPSA) is 54.2 Å². The summed E-state index contributed by atoms with van der Waals surface area (Å²) in [5.41, 5.74) is 1.25. The third kappa shape index (κ3) is 5.89. The first kappa shape index (κ1) is 18.3. The van der Waals surface area contributed by atoms with E-state index in [4.69, 9.17) is 11.6 Å². The minimum atomic E-state index is 0.592. The Bertz CT molecular complexity index is 646. The van der Waals surface area contributed by atoms with Crippen LogP contribution in [0.3, 0.4) is 0 Å². The number of aliphatic imine (C=N–C) groups is 1. The largest absolute Gasteiger partial charge is 0.356 e. The maximum absolute atomic E-state index is 5.90. The van der Waals surface area contributed by atoms with E-state index in [0.29, 0.717) is 12.5 Å². The Hall–Kier alpha value is -2.01. The number of rotatable bonds is 7.